The summed E-state index contributed by atoms with van der Waals surface area (Å²) in [6.07, 6.45) is 12.8. The van der Waals surface area contributed by atoms with Gasteiger partial charge in [0.05, 0.1) is 11.9 Å². The molecule has 3 aromatic rings. The van der Waals surface area contributed by atoms with Crippen LogP contribution in [0.4, 0.5) is 11.8 Å². The fraction of sp³-hybridized carbons (Fsp3) is 0.316. The zero-order valence-corrected chi connectivity index (χ0v) is 14.5. The lowest BCUT2D eigenvalue weighted by atomic mass is 9.94. The van der Waals surface area contributed by atoms with Gasteiger partial charge in [0.1, 0.15) is 0 Å². The van der Waals surface area contributed by atoms with Crippen LogP contribution in [-0.2, 0) is 6.54 Å². The van der Waals surface area contributed by atoms with Gasteiger partial charge in [-0.15, -0.1) is 0 Å². The van der Waals surface area contributed by atoms with Gasteiger partial charge in [-0.3, -0.25) is 14.9 Å². The molecular formula is C19H21N7. The molecule has 26 heavy (non-hydrogen) atoms. The minimum absolute atomic E-state index is 0.408. The van der Waals surface area contributed by atoms with Crippen LogP contribution in [0.5, 0.6) is 0 Å². The average molecular weight is 347 g/mol. The maximum atomic E-state index is 4.70. The third-order valence-electron chi connectivity index (χ3n) is 4.53. The van der Waals surface area contributed by atoms with Gasteiger partial charge in [0.25, 0.3) is 0 Å². The number of pyridine rings is 1. The summed E-state index contributed by atoms with van der Waals surface area (Å²) >= 11 is 0. The van der Waals surface area contributed by atoms with Crippen LogP contribution in [0, 0.1) is 0 Å². The lowest BCUT2D eigenvalue weighted by Crippen LogP contribution is -2.34. The molecule has 1 aliphatic rings. The first-order valence-electron chi connectivity index (χ1n) is 8.84. The predicted octanol–water partition coefficient (Wildman–Crippen LogP) is 2.78. The van der Waals surface area contributed by atoms with E-state index in [2.05, 4.69) is 36.2 Å². The Balaban J connectivity index is 1.44. The number of rotatable bonds is 5. The Bertz CT molecular complexity index is 826. The maximum Gasteiger partial charge on any atom is 0.228 e. The summed E-state index contributed by atoms with van der Waals surface area (Å²) in [5, 5.41) is 3.12. The molecule has 0 aromatic carbocycles. The van der Waals surface area contributed by atoms with E-state index in [9.17, 15) is 0 Å². The van der Waals surface area contributed by atoms with E-state index in [4.69, 9.17) is 4.98 Å². The Kier molecular flexibility index (Phi) is 5.07. The van der Waals surface area contributed by atoms with Crippen LogP contribution in [0.15, 0.2) is 55.4 Å². The Hall–Kier alpha value is -2.93. The van der Waals surface area contributed by atoms with Gasteiger partial charge in [-0.05, 0) is 37.1 Å². The van der Waals surface area contributed by atoms with E-state index in [0.29, 0.717) is 17.7 Å². The van der Waals surface area contributed by atoms with Gasteiger partial charge in [0.15, 0.2) is 5.82 Å². The highest BCUT2D eigenvalue weighted by Crippen LogP contribution is 2.27. The molecule has 1 fully saturated rings. The number of hydrogen-bond donors (Lipinski definition) is 1. The van der Waals surface area contributed by atoms with Gasteiger partial charge in [-0.2, -0.15) is 0 Å². The molecule has 7 heteroatoms. The lowest BCUT2D eigenvalue weighted by Gasteiger charge is -2.32. The molecule has 4 rings (SSSR count). The summed E-state index contributed by atoms with van der Waals surface area (Å²) in [4.78, 5) is 24.0. The molecule has 1 saturated heterocycles. The van der Waals surface area contributed by atoms with Crippen molar-refractivity contribution in [2.75, 3.05) is 18.4 Å². The molecule has 0 aliphatic carbocycles. The second-order valence-electron chi connectivity index (χ2n) is 6.46. The van der Waals surface area contributed by atoms with Crippen LogP contribution in [0.2, 0.25) is 0 Å². The number of nitrogens with zero attached hydrogens (tertiary/aromatic N) is 6. The van der Waals surface area contributed by atoms with Crippen molar-refractivity contribution in [3.8, 4) is 0 Å². The summed E-state index contributed by atoms with van der Waals surface area (Å²) in [7, 11) is 0. The summed E-state index contributed by atoms with van der Waals surface area (Å²) in [5.41, 5.74) is 2.32. The Morgan fingerprint density at radius 2 is 2.00 bits per heavy atom. The number of likely N-dealkylation sites (tertiary alicyclic amines) is 1. The minimum atomic E-state index is 0.408. The van der Waals surface area contributed by atoms with Crippen molar-refractivity contribution in [2.24, 2.45) is 0 Å². The largest absolute Gasteiger partial charge is 0.307 e. The SMILES string of the molecule is c1cncc(CN2CCC[C@@H](c3ccnc(Nc4cnccn4)n3)C2)c1. The second-order valence-corrected chi connectivity index (χ2v) is 6.46. The normalized spacial score (nSPS) is 17.8. The highest BCUT2D eigenvalue weighted by Gasteiger charge is 2.23. The Labute approximate surface area is 152 Å². The molecule has 1 atom stereocenters. The molecule has 0 unspecified atom stereocenters. The summed E-state index contributed by atoms with van der Waals surface area (Å²) in [6.45, 7) is 3.04. The van der Waals surface area contributed by atoms with Crippen molar-refractivity contribution in [3.05, 3.63) is 66.6 Å². The highest BCUT2D eigenvalue weighted by atomic mass is 15.2. The average Bonchev–Trinajstić information content (AvgIpc) is 2.70. The van der Waals surface area contributed by atoms with Crippen LogP contribution >= 0.6 is 0 Å². The first kappa shape index (κ1) is 16.5. The van der Waals surface area contributed by atoms with E-state index >= 15 is 0 Å². The fourth-order valence-electron chi connectivity index (χ4n) is 3.33. The van der Waals surface area contributed by atoms with E-state index in [0.717, 1.165) is 31.7 Å². The molecule has 0 saturated carbocycles. The topological polar surface area (TPSA) is 79.7 Å². The molecule has 7 nitrogen and oxygen atoms in total. The zero-order valence-electron chi connectivity index (χ0n) is 14.5. The van der Waals surface area contributed by atoms with E-state index in [1.54, 1.807) is 24.8 Å². The van der Waals surface area contributed by atoms with Crippen molar-refractivity contribution in [1.29, 1.82) is 0 Å². The van der Waals surface area contributed by atoms with Crippen molar-refractivity contribution >= 4 is 11.8 Å². The van der Waals surface area contributed by atoms with Gasteiger partial charge in [-0.25, -0.2) is 15.0 Å². The molecule has 3 aromatic heterocycles. The van der Waals surface area contributed by atoms with Crippen LogP contribution in [0.25, 0.3) is 0 Å². The summed E-state index contributed by atoms with van der Waals surface area (Å²) in [6, 6.07) is 6.13. The quantitative estimate of drug-likeness (QED) is 0.760. The first-order chi connectivity index (χ1) is 12.9. The van der Waals surface area contributed by atoms with Crippen LogP contribution in [0.3, 0.4) is 0 Å². The molecule has 0 spiro atoms. The number of anilines is 2. The second kappa shape index (κ2) is 7.97. The number of hydrogen-bond acceptors (Lipinski definition) is 7. The fourth-order valence-corrected chi connectivity index (χ4v) is 3.33. The number of nitrogens with one attached hydrogen (secondary N) is 1. The third-order valence-corrected chi connectivity index (χ3v) is 4.53. The van der Waals surface area contributed by atoms with Crippen LogP contribution in [0.1, 0.15) is 30.0 Å². The third kappa shape index (κ3) is 4.18. The van der Waals surface area contributed by atoms with Gasteiger partial charge < -0.3 is 5.32 Å². The number of piperidine rings is 1. The summed E-state index contributed by atoms with van der Waals surface area (Å²) in [5.74, 6) is 1.62. The van der Waals surface area contributed by atoms with Crippen LogP contribution < -0.4 is 5.32 Å². The predicted molar refractivity (Wildman–Crippen MR) is 98.8 cm³/mol. The molecule has 4 heterocycles. The van der Waals surface area contributed by atoms with Gasteiger partial charge in [0, 0.05) is 50.0 Å². The molecule has 1 N–H and O–H groups in total. The maximum absolute atomic E-state index is 4.70. The molecule has 0 bridgehead atoms. The Morgan fingerprint density at radius 1 is 1.04 bits per heavy atom. The standard InChI is InChI=1S/C19H21N7/c1-3-15(11-20-6-1)13-26-10-2-4-16(14-26)17-5-7-23-19(24-17)25-18-12-21-8-9-22-18/h1,3,5-9,11-12,16H,2,4,10,13-14H2,(H,22,23,24,25)/t16-/m1/s1. The van der Waals surface area contributed by atoms with E-state index in [-0.39, 0.29) is 0 Å². The monoisotopic (exact) mass is 347 g/mol. The molecule has 0 amide bonds. The minimum Gasteiger partial charge on any atom is -0.307 e. The van der Waals surface area contributed by atoms with Crippen molar-refractivity contribution in [1.82, 2.24) is 29.8 Å². The molecule has 1 aliphatic heterocycles. The summed E-state index contributed by atoms with van der Waals surface area (Å²) < 4.78 is 0. The van der Waals surface area contributed by atoms with E-state index in [1.165, 1.54) is 12.0 Å². The smallest absolute Gasteiger partial charge is 0.228 e. The molecule has 0 radical (unpaired) electrons. The first-order valence-corrected chi connectivity index (χ1v) is 8.84. The zero-order chi connectivity index (χ0) is 17.6. The number of aromatic nitrogens is 5. The van der Waals surface area contributed by atoms with E-state index in [1.807, 2.05) is 24.5 Å². The van der Waals surface area contributed by atoms with Crippen LogP contribution in [-0.4, -0.2) is 42.9 Å². The van der Waals surface area contributed by atoms with Gasteiger partial charge in [-0.1, -0.05) is 6.07 Å². The molecule has 132 valence electrons. The Morgan fingerprint density at radius 3 is 2.85 bits per heavy atom. The van der Waals surface area contributed by atoms with Crippen molar-refractivity contribution < 1.29 is 0 Å². The lowest BCUT2D eigenvalue weighted by molar-refractivity contribution is 0.198. The van der Waals surface area contributed by atoms with Crippen molar-refractivity contribution in [3.63, 3.8) is 0 Å². The van der Waals surface area contributed by atoms with Crippen molar-refractivity contribution in [2.45, 2.75) is 25.3 Å². The van der Waals surface area contributed by atoms with Gasteiger partial charge in [0.2, 0.25) is 5.95 Å². The molecular weight excluding hydrogens is 326 g/mol. The van der Waals surface area contributed by atoms with E-state index < -0.39 is 0 Å². The van der Waals surface area contributed by atoms with Gasteiger partial charge >= 0.3 is 0 Å². The highest BCUT2D eigenvalue weighted by molar-refractivity contribution is 5.45.